The molecular weight excluding hydrogens is 198 g/mol. The number of nitrogens with one attached hydrogen (secondary N) is 1. The van der Waals surface area contributed by atoms with Crippen molar-refractivity contribution < 1.29 is 0 Å². The molecule has 0 aromatic carbocycles. The number of rotatable bonds is 5. The summed E-state index contributed by atoms with van der Waals surface area (Å²) in [5.74, 6) is 1.06. The summed E-state index contributed by atoms with van der Waals surface area (Å²) in [6.45, 7) is 7.37. The van der Waals surface area contributed by atoms with Gasteiger partial charge in [-0.25, -0.2) is 4.98 Å². The van der Waals surface area contributed by atoms with Crippen molar-refractivity contribution >= 4 is 5.82 Å². The lowest BCUT2D eigenvalue weighted by atomic mass is 10.2. The lowest BCUT2D eigenvalue weighted by molar-refractivity contribution is 0.655. The summed E-state index contributed by atoms with van der Waals surface area (Å²) in [6.07, 6.45) is 1.13. The van der Waals surface area contributed by atoms with Gasteiger partial charge in [-0.15, -0.1) is 0 Å². The molecule has 0 amide bonds. The van der Waals surface area contributed by atoms with E-state index in [1.54, 1.807) is 0 Å². The highest BCUT2D eigenvalue weighted by molar-refractivity contribution is 5.41. The van der Waals surface area contributed by atoms with Crippen molar-refractivity contribution in [3.8, 4) is 0 Å². The zero-order valence-corrected chi connectivity index (χ0v) is 11.0. The Morgan fingerprint density at radius 1 is 1.44 bits per heavy atom. The lowest BCUT2D eigenvalue weighted by Gasteiger charge is -2.25. The molecule has 0 bridgehead atoms. The van der Waals surface area contributed by atoms with E-state index in [9.17, 15) is 0 Å². The number of hydrogen-bond donors (Lipinski definition) is 1. The smallest absolute Gasteiger partial charge is 0.128 e. The monoisotopic (exact) mass is 221 g/mol. The van der Waals surface area contributed by atoms with Crippen molar-refractivity contribution in [1.82, 2.24) is 10.3 Å². The van der Waals surface area contributed by atoms with Gasteiger partial charge in [-0.2, -0.15) is 0 Å². The van der Waals surface area contributed by atoms with Crippen LogP contribution >= 0.6 is 0 Å². The van der Waals surface area contributed by atoms with Crippen LogP contribution in [0.25, 0.3) is 0 Å². The summed E-state index contributed by atoms with van der Waals surface area (Å²) in [5, 5.41) is 3.15. The molecule has 0 saturated heterocycles. The zero-order chi connectivity index (χ0) is 12.1. The van der Waals surface area contributed by atoms with Crippen LogP contribution in [-0.4, -0.2) is 25.1 Å². The van der Waals surface area contributed by atoms with Crippen LogP contribution in [0.3, 0.4) is 0 Å². The van der Waals surface area contributed by atoms with Gasteiger partial charge in [-0.1, -0.05) is 13.0 Å². The first kappa shape index (κ1) is 13.0. The van der Waals surface area contributed by atoms with E-state index in [-0.39, 0.29) is 0 Å². The predicted molar refractivity (Wildman–Crippen MR) is 69.9 cm³/mol. The average molecular weight is 221 g/mol. The Morgan fingerprint density at radius 2 is 2.12 bits per heavy atom. The molecule has 0 saturated carbocycles. The van der Waals surface area contributed by atoms with Gasteiger partial charge in [0, 0.05) is 25.3 Å². The highest BCUT2D eigenvalue weighted by Gasteiger charge is 2.10. The van der Waals surface area contributed by atoms with Crippen LogP contribution < -0.4 is 10.2 Å². The third-order valence-electron chi connectivity index (χ3n) is 3.16. The van der Waals surface area contributed by atoms with Gasteiger partial charge >= 0.3 is 0 Å². The molecule has 0 aliphatic carbocycles. The normalized spacial score (nSPS) is 12.6. The van der Waals surface area contributed by atoms with Crippen LogP contribution in [0.1, 0.15) is 31.5 Å². The number of nitrogens with zero attached hydrogens (tertiary/aromatic N) is 2. The zero-order valence-electron chi connectivity index (χ0n) is 11.0. The summed E-state index contributed by atoms with van der Waals surface area (Å²) in [5.41, 5.74) is 2.38. The Hall–Kier alpha value is -1.09. The number of aromatic nitrogens is 1. The van der Waals surface area contributed by atoms with Crippen LogP contribution in [0.5, 0.6) is 0 Å². The minimum Gasteiger partial charge on any atom is -0.357 e. The highest BCUT2D eigenvalue weighted by atomic mass is 15.2. The van der Waals surface area contributed by atoms with E-state index >= 15 is 0 Å². The summed E-state index contributed by atoms with van der Waals surface area (Å²) in [6, 6.07) is 4.79. The summed E-state index contributed by atoms with van der Waals surface area (Å²) in [7, 11) is 4.06. The van der Waals surface area contributed by atoms with Gasteiger partial charge in [-0.3, -0.25) is 0 Å². The van der Waals surface area contributed by atoms with Crippen LogP contribution in [0.2, 0.25) is 0 Å². The molecule has 0 fully saturated rings. The standard InChI is InChI=1S/C13H23N3/c1-6-10(2)16(5)13-8-7-12(9-14-4)11(3)15-13/h7-8,10,14H,6,9H2,1-5H3. The fraction of sp³-hybridized carbons (Fsp3) is 0.615. The molecule has 3 nitrogen and oxygen atoms in total. The van der Waals surface area contributed by atoms with Crippen molar-refractivity contribution in [3.63, 3.8) is 0 Å². The molecule has 0 radical (unpaired) electrons. The molecule has 1 aromatic heterocycles. The third-order valence-corrected chi connectivity index (χ3v) is 3.16. The Balaban J connectivity index is 2.87. The molecule has 1 aromatic rings. The molecule has 1 unspecified atom stereocenters. The van der Waals surface area contributed by atoms with Gasteiger partial charge in [-0.05, 0) is 38.9 Å². The van der Waals surface area contributed by atoms with E-state index in [1.807, 2.05) is 7.05 Å². The molecule has 1 atom stereocenters. The van der Waals surface area contributed by atoms with E-state index in [1.165, 1.54) is 5.56 Å². The molecule has 16 heavy (non-hydrogen) atoms. The van der Waals surface area contributed by atoms with Gasteiger partial charge in [0.1, 0.15) is 5.82 Å². The second-order valence-corrected chi connectivity index (χ2v) is 4.31. The third kappa shape index (κ3) is 2.95. The Kier molecular flexibility index (Phi) is 4.74. The number of pyridine rings is 1. The fourth-order valence-corrected chi connectivity index (χ4v) is 1.65. The Morgan fingerprint density at radius 3 is 2.62 bits per heavy atom. The van der Waals surface area contributed by atoms with E-state index in [4.69, 9.17) is 0 Å². The van der Waals surface area contributed by atoms with E-state index in [0.717, 1.165) is 24.5 Å². The molecule has 1 N–H and O–H groups in total. The number of aryl methyl sites for hydroxylation is 1. The van der Waals surface area contributed by atoms with E-state index in [2.05, 4.69) is 55.2 Å². The maximum Gasteiger partial charge on any atom is 0.128 e. The minimum absolute atomic E-state index is 0.530. The second kappa shape index (κ2) is 5.85. The predicted octanol–water partition coefficient (Wildman–Crippen LogP) is 2.34. The highest BCUT2D eigenvalue weighted by Crippen LogP contribution is 2.16. The first-order valence-electron chi connectivity index (χ1n) is 5.94. The molecule has 1 heterocycles. The fourth-order valence-electron chi connectivity index (χ4n) is 1.65. The number of hydrogen-bond acceptors (Lipinski definition) is 3. The molecular formula is C13H23N3. The molecule has 0 spiro atoms. The van der Waals surface area contributed by atoms with E-state index in [0.29, 0.717) is 6.04 Å². The molecule has 1 rings (SSSR count). The quantitative estimate of drug-likeness (QED) is 0.827. The summed E-state index contributed by atoms with van der Waals surface area (Å²) in [4.78, 5) is 6.88. The van der Waals surface area contributed by atoms with Crippen molar-refractivity contribution in [3.05, 3.63) is 23.4 Å². The maximum atomic E-state index is 4.65. The van der Waals surface area contributed by atoms with Crippen molar-refractivity contribution in [2.45, 2.75) is 39.8 Å². The topological polar surface area (TPSA) is 28.2 Å². The first-order valence-corrected chi connectivity index (χ1v) is 5.94. The second-order valence-electron chi connectivity index (χ2n) is 4.31. The van der Waals surface area contributed by atoms with Gasteiger partial charge in [0.05, 0.1) is 0 Å². The lowest BCUT2D eigenvalue weighted by Crippen LogP contribution is -2.29. The van der Waals surface area contributed by atoms with Crippen LogP contribution in [0, 0.1) is 6.92 Å². The first-order chi connectivity index (χ1) is 7.60. The Bertz CT molecular complexity index is 336. The minimum atomic E-state index is 0.530. The van der Waals surface area contributed by atoms with Crippen LogP contribution in [-0.2, 0) is 6.54 Å². The molecule has 90 valence electrons. The van der Waals surface area contributed by atoms with Crippen molar-refractivity contribution in [1.29, 1.82) is 0 Å². The van der Waals surface area contributed by atoms with E-state index < -0.39 is 0 Å². The Labute approximate surface area is 98.9 Å². The van der Waals surface area contributed by atoms with Crippen LogP contribution in [0.4, 0.5) is 5.82 Å². The van der Waals surface area contributed by atoms with Crippen molar-refractivity contribution in [2.75, 3.05) is 19.0 Å². The molecule has 0 aliphatic heterocycles. The van der Waals surface area contributed by atoms with Gasteiger partial charge in [0.2, 0.25) is 0 Å². The molecule has 3 heteroatoms. The van der Waals surface area contributed by atoms with Crippen LogP contribution in [0.15, 0.2) is 12.1 Å². The van der Waals surface area contributed by atoms with Crippen molar-refractivity contribution in [2.24, 2.45) is 0 Å². The molecule has 0 aliphatic rings. The van der Waals surface area contributed by atoms with Gasteiger partial charge < -0.3 is 10.2 Å². The summed E-state index contributed by atoms with van der Waals surface area (Å²) >= 11 is 0. The SMILES string of the molecule is CCC(C)N(C)c1ccc(CNC)c(C)n1. The number of anilines is 1. The maximum absolute atomic E-state index is 4.65. The van der Waals surface area contributed by atoms with Gasteiger partial charge in [0.25, 0.3) is 0 Å². The van der Waals surface area contributed by atoms with Gasteiger partial charge in [0.15, 0.2) is 0 Å². The summed E-state index contributed by atoms with van der Waals surface area (Å²) < 4.78 is 0. The average Bonchev–Trinajstić information content (AvgIpc) is 2.30. The largest absolute Gasteiger partial charge is 0.357 e.